The molecule has 0 saturated heterocycles. The van der Waals surface area contributed by atoms with Crippen molar-refractivity contribution in [1.29, 1.82) is 0 Å². The Labute approximate surface area is 71.6 Å². The Morgan fingerprint density at radius 1 is 1.67 bits per heavy atom. The molecule has 0 fully saturated rings. The van der Waals surface area contributed by atoms with Crippen LogP contribution in [0.4, 0.5) is 5.69 Å². The van der Waals surface area contributed by atoms with Crippen LogP contribution in [-0.4, -0.2) is 4.98 Å². The molecule has 2 N–H and O–H groups in total. The fourth-order valence-corrected chi connectivity index (χ4v) is 1.01. The molecule has 1 aromatic heterocycles. The highest BCUT2D eigenvalue weighted by Crippen LogP contribution is 2.17. The molecule has 0 unspecified atom stereocenters. The van der Waals surface area contributed by atoms with Gasteiger partial charge in [-0.3, -0.25) is 0 Å². The normalized spacial score (nSPS) is 9.56. The molecule has 48 valence electrons. The number of nitrogens with two attached hydrogens (primary N) is 1. The van der Waals surface area contributed by atoms with Crippen LogP contribution in [0, 0.1) is 3.70 Å². The van der Waals surface area contributed by atoms with Crippen molar-refractivity contribution in [3.63, 3.8) is 0 Å². The van der Waals surface area contributed by atoms with Crippen molar-refractivity contribution in [1.82, 2.24) is 4.98 Å². The Morgan fingerprint density at radius 2 is 2.33 bits per heavy atom. The van der Waals surface area contributed by atoms with Crippen molar-refractivity contribution in [3.05, 3.63) is 21.0 Å². The number of pyridine rings is 1. The Balaban J connectivity index is 3.17. The van der Waals surface area contributed by atoms with Crippen molar-refractivity contribution >= 4 is 39.9 Å². The van der Waals surface area contributed by atoms with Gasteiger partial charge in [0.1, 0.15) is 3.70 Å². The number of hydrogen-bond donors (Lipinski definition) is 1. The number of nitrogens with zero attached hydrogens (tertiary/aromatic N) is 1. The lowest BCUT2D eigenvalue weighted by Gasteiger charge is -1.94. The minimum absolute atomic E-state index is 0.510. The van der Waals surface area contributed by atoms with Crippen molar-refractivity contribution in [2.45, 2.75) is 0 Å². The molecule has 0 atom stereocenters. The lowest BCUT2D eigenvalue weighted by Crippen LogP contribution is -1.88. The maximum Gasteiger partial charge on any atom is 0.103 e. The first kappa shape index (κ1) is 7.08. The summed E-state index contributed by atoms with van der Waals surface area (Å²) in [6, 6.07) is 1.73. The monoisotopic (exact) mass is 254 g/mol. The second kappa shape index (κ2) is 2.70. The zero-order chi connectivity index (χ0) is 6.85. The van der Waals surface area contributed by atoms with Crippen LogP contribution >= 0.6 is 34.2 Å². The van der Waals surface area contributed by atoms with E-state index in [2.05, 4.69) is 27.6 Å². The van der Waals surface area contributed by atoms with E-state index in [1.54, 1.807) is 12.3 Å². The Hall–Kier alpha value is -0.0300. The molecule has 9 heavy (non-hydrogen) atoms. The summed E-state index contributed by atoms with van der Waals surface area (Å²) in [5.41, 5.74) is 6.02. The van der Waals surface area contributed by atoms with Crippen LogP contribution < -0.4 is 5.73 Å². The predicted molar refractivity (Wildman–Crippen MR) is 46.4 cm³/mol. The Bertz CT molecular complexity index is 226. The molecule has 0 aromatic carbocycles. The summed E-state index contributed by atoms with van der Waals surface area (Å²) in [6.07, 6.45) is 1.54. The van der Waals surface area contributed by atoms with E-state index in [1.807, 2.05) is 0 Å². The van der Waals surface area contributed by atoms with Gasteiger partial charge >= 0.3 is 0 Å². The number of aromatic nitrogens is 1. The number of anilines is 1. The van der Waals surface area contributed by atoms with Crippen molar-refractivity contribution in [2.75, 3.05) is 5.73 Å². The average molecular weight is 254 g/mol. The zero-order valence-corrected chi connectivity index (χ0v) is 7.35. The molecule has 0 radical (unpaired) electrons. The average Bonchev–Trinajstić information content (AvgIpc) is 1.80. The summed E-state index contributed by atoms with van der Waals surface area (Å²) in [7, 11) is 0. The first-order valence-electron chi connectivity index (χ1n) is 2.26. The van der Waals surface area contributed by atoms with Crippen LogP contribution in [0.15, 0.2) is 12.3 Å². The molecule has 0 spiro atoms. The van der Waals surface area contributed by atoms with Gasteiger partial charge in [-0.2, -0.15) is 0 Å². The van der Waals surface area contributed by atoms with Crippen molar-refractivity contribution in [2.24, 2.45) is 0 Å². The van der Waals surface area contributed by atoms with Crippen molar-refractivity contribution < 1.29 is 0 Å². The number of halogens is 2. The highest BCUT2D eigenvalue weighted by Gasteiger charge is 1.94. The fourth-order valence-electron chi connectivity index (χ4n) is 0.427. The van der Waals surface area contributed by atoms with Gasteiger partial charge in [0.15, 0.2) is 0 Å². The molecule has 0 aliphatic heterocycles. The number of rotatable bonds is 0. The summed E-state index contributed by atoms with van der Waals surface area (Å²) in [6.45, 7) is 0. The van der Waals surface area contributed by atoms with E-state index >= 15 is 0 Å². The third-order valence-electron chi connectivity index (χ3n) is 0.852. The molecule has 4 heteroatoms. The molecule has 1 rings (SSSR count). The van der Waals surface area contributed by atoms with E-state index < -0.39 is 0 Å². The molecule has 1 aromatic rings. The highest BCUT2D eigenvalue weighted by atomic mass is 127. The summed E-state index contributed by atoms with van der Waals surface area (Å²) < 4.78 is 0.856. The maximum atomic E-state index is 5.59. The SMILES string of the molecule is Nc1cc(I)ncc1Cl. The van der Waals surface area contributed by atoms with Gasteiger partial charge in [0, 0.05) is 6.20 Å². The van der Waals surface area contributed by atoms with Crippen LogP contribution in [0.3, 0.4) is 0 Å². The van der Waals surface area contributed by atoms with Crippen LogP contribution in [0.2, 0.25) is 5.02 Å². The smallest absolute Gasteiger partial charge is 0.103 e. The van der Waals surface area contributed by atoms with E-state index in [1.165, 1.54) is 0 Å². The van der Waals surface area contributed by atoms with Gasteiger partial charge in [0.25, 0.3) is 0 Å². The summed E-state index contributed by atoms with van der Waals surface area (Å²) >= 11 is 7.66. The van der Waals surface area contributed by atoms with Gasteiger partial charge in [-0.15, -0.1) is 0 Å². The van der Waals surface area contributed by atoms with E-state index in [4.69, 9.17) is 17.3 Å². The molecule has 0 bridgehead atoms. The van der Waals surface area contributed by atoms with Crippen LogP contribution in [0.25, 0.3) is 0 Å². The van der Waals surface area contributed by atoms with E-state index in [9.17, 15) is 0 Å². The van der Waals surface area contributed by atoms with Crippen LogP contribution in [0.5, 0.6) is 0 Å². The predicted octanol–water partition coefficient (Wildman–Crippen LogP) is 1.92. The first-order valence-corrected chi connectivity index (χ1v) is 3.72. The maximum absolute atomic E-state index is 5.59. The van der Waals surface area contributed by atoms with E-state index in [0.717, 1.165) is 3.70 Å². The first-order chi connectivity index (χ1) is 4.20. The van der Waals surface area contributed by atoms with Gasteiger partial charge in [0.2, 0.25) is 0 Å². The number of hydrogen-bond acceptors (Lipinski definition) is 2. The molecule has 0 aliphatic carbocycles. The molecule has 0 aliphatic rings. The molecule has 0 saturated carbocycles. The summed E-state index contributed by atoms with van der Waals surface area (Å²) in [5, 5.41) is 0.510. The van der Waals surface area contributed by atoms with E-state index in [-0.39, 0.29) is 0 Å². The fraction of sp³-hybridized carbons (Fsp3) is 0. The Kier molecular flexibility index (Phi) is 2.13. The standard InChI is InChI=1S/C5H4ClIN2/c6-3-2-9-5(7)1-4(3)8/h1-2H,(H2,8,9). The van der Waals surface area contributed by atoms with Gasteiger partial charge in [-0.1, -0.05) is 11.6 Å². The molecule has 0 amide bonds. The highest BCUT2D eigenvalue weighted by molar-refractivity contribution is 14.1. The van der Waals surface area contributed by atoms with Gasteiger partial charge in [-0.25, -0.2) is 4.98 Å². The number of nitrogen functional groups attached to an aromatic ring is 1. The summed E-state index contributed by atoms with van der Waals surface area (Å²) in [4.78, 5) is 3.91. The van der Waals surface area contributed by atoms with Crippen molar-refractivity contribution in [3.8, 4) is 0 Å². The van der Waals surface area contributed by atoms with Gasteiger partial charge in [-0.05, 0) is 28.7 Å². The molecular formula is C5H4ClIN2. The topological polar surface area (TPSA) is 38.9 Å². The minimum atomic E-state index is 0.510. The van der Waals surface area contributed by atoms with Crippen LogP contribution in [0.1, 0.15) is 0 Å². The van der Waals surface area contributed by atoms with E-state index in [0.29, 0.717) is 10.7 Å². The third-order valence-corrected chi connectivity index (χ3v) is 1.76. The van der Waals surface area contributed by atoms with Gasteiger partial charge in [0.05, 0.1) is 10.7 Å². The van der Waals surface area contributed by atoms with Gasteiger partial charge < -0.3 is 5.73 Å². The van der Waals surface area contributed by atoms with Crippen LogP contribution in [-0.2, 0) is 0 Å². The second-order valence-corrected chi connectivity index (χ2v) is 3.04. The third kappa shape index (κ3) is 1.69. The minimum Gasteiger partial charge on any atom is -0.397 e. The lowest BCUT2D eigenvalue weighted by molar-refractivity contribution is 1.28. The largest absolute Gasteiger partial charge is 0.397 e. The molecule has 2 nitrogen and oxygen atoms in total. The quantitative estimate of drug-likeness (QED) is 0.567. The summed E-state index contributed by atoms with van der Waals surface area (Å²) in [5.74, 6) is 0. The second-order valence-electron chi connectivity index (χ2n) is 1.53. The molecule has 1 heterocycles. The Morgan fingerprint density at radius 3 is 2.78 bits per heavy atom. The molecular weight excluding hydrogens is 250 g/mol. The lowest BCUT2D eigenvalue weighted by atomic mass is 10.4. The zero-order valence-electron chi connectivity index (χ0n) is 4.44.